The highest BCUT2D eigenvalue weighted by Crippen LogP contribution is 2.46. The molecule has 3 aromatic rings. The van der Waals surface area contributed by atoms with E-state index in [1.807, 2.05) is 30.3 Å². The quantitative estimate of drug-likeness (QED) is 0.231. The van der Waals surface area contributed by atoms with Crippen LogP contribution in [0.1, 0.15) is 6.92 Å². The Labute approximate surface area is 190 Å². The lowest BCUT2D eigenvalue weighted by atomic mass is 10.4. The van der Waals surface area contributed by atoms with E-state index in [4.69, 9.17) is 10.5 Å². The van der Waals surface area contributed by atoms with Gasteiger partial charge in [0.25, 0.3) is 0 Å². The number of ether oxygens (including phenoxy) is 1. The summed E-state index contributed by atoms with van der Waals surface area (Å²) in [5.41, 5.74) is 6.70. The first kappa shape index (κ1) is 25.5. The maximum Gasteiger partial charge on any atom is 0.392 e. The lowest BCUT2D eigenvalue weighted by Gasteiger charge is -2.23. The number of imidazole rings is 1. The van der Waals surface area contributed by atoms with Crippen molar-refractivity contribution in [2.45, 2.75) is 41.8 Å². The van der Waals surface area contributed by atoms with Gasteiger partial charge >= 0.3 is 12.4 Å². The Balaban J connectivity index is 1.71. The summed E-state index contributed by atoms with van der Waals surface area (Å²) in [4.78, 5) is 13.6. The van der Waals surface area contributed by atoms with Gasteiger partial charge in [-0.1, -0.05) is 37.9 Å². The Morgan fingerprint density at radius 2 is 1.70 bits per heavy atom. The molecular formula is C19H20F6N5OPS. The van der Waals surface area contributed by atoms with Gasteiger partial charge in [-0.2, -0.15) is 31.3 Å². The molecule has 0 aliphatic heterocycles. The van der Waals surface area contributed by atoms with E-state index in [1.165, 1.54) is 18.1 Å². The van der Waals surface area contributed by atoms with E-state index in [0.717, 1.165) is 4.90 Å². The van der Waals surface area contributed by atoms with Crippen LogP contribution in [-0.2, 0) is 11.3 Å². The zero-order valence-electron chi connectivity index (χ0n) is 17.3. The first-order chi connectivity index (χ1) is 15.4. The van der Waals surface area contributed by atoms with Crippen LogP contribution in [0.5, 0.6) is 0 Å². The van der Waals surface area contributed by atoms with Crippen LogP contribution >= 0.6 is 19.7 Å². The summed E-state index contributed by atoms with van der Waals surface area (Å²) in [5.74, 6) is 0.00938. The summed E-state index contributed by atoms with van der Waals surface area (Å²) in [6, 6.07) is 9.39. The summed E-state index contributed by atoms with van der Waals surface area (Å²) < 4.78 is 83.0. The fraction of sp³-hybridized carbons (Fsp3) is 0.421. The summed E-state index contributed by atoms with van der Waals surface area (Å²) >= 11 is 1.34. The zero-order chi connectivity index (χ0) is 24.2. The van der Waals surface area contributed by atoms with E-state index in [0.29, 0.717) is 16.2 Å². The van der Waals surface area contributed by atoms with Crippen molar-refractivity contribution < 1.29 is 31.1 Å². The molecule has 0 aliphatic carbocycles. The van der Waals surface area contributed by atoms with E-state index < -0.39 is 45.0 Å². The number of fused-ring (bicyclic) bond motifs is 1. The van der Waals surface area contributed by atoms with Gasteiger partial charge in [-0.05, 0) is 19.1 Å². The summed E-state index contributed by atoms with van der Waals surface area (Å²) in [6.07, 6.45) is -12.2. The lowest BCUT2D eigenvalue weighted by Crippen LogP contribution is -2.24. The maximum atomic E-state index is 12.7. The van der Waals surface area contributed by atoms with E-state index in [1.54, 1.807) is 11.5 Å². The molecule has 3 rings (SSSR count). The Hall–Kier alpha value is -2.11. The molecule has 0 fully saturated rings. The van der Waals surface area contributed by atoms with Gasteiger partial charge in [-0.25, -0.2) is 9.97 Å². The molecule has 6 nitrogen and oxygen atoms in total. The summed E-state index contributed by atoms with van der Waals surface area (Å²) in [7, 11) is -2.45. The molecule has 0 saturated heterocycles. The second-order valence-corrected chi connectivity index (χ2v) is 10.5. The van der Waals surface area contributed by atoms with E-state index in [2.05, 4.69) is 15.0 Å². The fourth-order valence-corrected chi connectivity index (χ4v) is 5.63. The second-order valence-electron chi connectivity index (χ2n) is 7.20. The predicted molar refractivity (Wildman–Crippen MR) is 114 cm³/mol. The van der Waals surface area contributed by atoms with Gasteiger partial charge in [0.05, 0.1) is 37.6 Å². The molecular weight excluding hydrogens is 491 g/mol. The molecule has 0 amide bonds. The third-order valence-corrected chi connectivity index (χ3v) is 7.32. The third kappa shape index (κ3) is 8.01. The van der Waals surface area contributed by atoms with Crippen molar-refractivity contribution in [2.24, 2.45) is 0 Å². The van der Waals surface area contributed by atoms with Crippen molar-refractivity contribution in [1.29, 1.82) is 0 Å². The van der Waals surface area contributed by atoms with Gasteiger partial charge in [0, 0.05) is 4.90 Å². The number of hydrogen-bond donors (Lipinski definition) is 1. The molecule has 0 spiro atoms. The maximum absolute atomic E-state index is 12.7. The number of aromatic nitrogens is 4. The first-order valence-electron chi connectivity index (χ1n) is 9.58. The SMILES string of the molecule is CC(Cn1cnc2c(Sc3ccccc3)nc(N)nc21)OCP(CC(F)(F)F)CC(F)(F)F. The molecule has 2 heterocycles. The molecule has 0 bridgehead atoms. The monoisotopic (exact) mass is 511 g/mol. The van der Waals surface area contributed by atoms with Gasteiger partial charge in [0.2, 0.25) is 5.95 Å². The number of nitrogens with two attached hydrogens (primary N) is 1. The van der Waals surface area contributed by atoms with Crippen molar-refractivity contribution in [3.63, 3.8) is 0 Å². The average Bonchev–Trinajstić information content (AvgIpc) is 3.07. The standard InChI is InChI=1S/C19H20F6N5OPS/c1-12(31-11-32(8-18(20,21)22)9-19(23,24)25)7-30-10-27-14-15(30)28-17(26)29-16(14)33-13-5-3-2-4-6-13/h2-6,10,12H,7-9,11H2,1H3,(H2,26,28,29). The highest BCUT2D eigenvalue weighted by molar-refractivity contribution is 7.99. The van der Waals surface area contributed by atoms with Crippen molar-refractivity contribution >= 4 is 36.8 Å². The first-order valence-corrected chi connectivity index (χ1v) is 12.3. The van der Waals surface area contributed by atoms with E-state index >= 15 is 0 Å². The van der Waals surface area contributed by atoms with E-state index in [9.17, 15) is 26.3 Å². The van der Waals surface area contributed by atoms with Crippen LogP contribution < -0.4 is 5.73 Å². The highest BCUT2D eigenvalue weighted by atomic mass is 32.2. The van der Waals surface area contributed by atoms with Crippen LogP contribution in [0.4, 0.5) is 32.3 Å². The number of nitrogens with zero attached hydrogens (tertiary/aromatic N) is 4. The van der Waals surface area contributed by atoms with Crippen LogP contribution in [0.15, 0.2) is 46.6 Å². The van der Waals surface area contributed by atoms with Gasteiger partial charge < -0.3 is 15.0 Å². The van der Waals surface area contributed by atoms with Crippen molar-refractivity contribution in [1.82, 2.24) is 19.5 Å². The molecule has 33 heavy (non-hydrogen) atoms. The van der Waals surface area contributed by atoms with Crippen LogP contribution in [0.25, 0.3) is 11.2 Å². The molecule has 1 atom stereocenters. The number of nitrogen functional groups attached to an aromatic ring is 1. The topological polar surface area (TPSA) is 78.9 Å². The molecule has 0 radical (unpaired) electrons. The lowest BCUT2D eigenvalue weighted by molar-refractivity contribution is -0.112. The van der Waals surface area contributed by atoms with Gasteiger partial charge in [-0.3, -0.25) is 0 Å². The molecule has 0 saturated carbocycles. The molecule has 14 heteroatoms. The number of alkyl halides is 6. The van der Waals surface area contributed by atoms with Crippen LogP contribution in [-0.4, -0.2) is 56.6 Å². The largest absolute Gasteiger partial charge is 0.392 e. The highest BCUT2D eigenvalue weighted by Gasteiger charge is 2.38. The van der Waals surface area contributed by atoms with Crippen molar-refractivity contribution in [3.05, 3.63) is 36.7 Å². The van der Waals surface area contributed by atoms with E-state index in [-0.39, 0.29) is 12.5 Å². The van der Waals surface area contributed by atoms with Crippen molar-refractivity contribution in [2.75, 3.05) is 24.4 Å². The van der Waals surface area contributed by atoms with Crippen molar-refractivity contribution in [3.8, 4) is 0 Å². The minimum absolute atomic E-state index is 0.00938. The van der Waals surface area contributed by atoms with Gasteiger partial charge in [-0.15, -0.1) is 0 Å². The minimum Gasteiger partial charge on any atom is -0.372 e. The number of hydrogen-bond acceptors (Lipinski definition) is 6. The Kier molecular flexibility index (Phi) is 8.07. The Morgan fingerprint density at radius 3 is 2.30 bits per heavy atom. The smallest absolute Gasteiger partial charge is 0.372 e. The molecule has 1 unspecified atom stereocenters. The molecule has 2 N–H and O–H groups in total. The zero-order valence-corrected chi connectivity index (χ0v) is 19.0. The normalized spacial score (nSPS) is 13.7. The average molecular weight is 511 g/mol. The number of halogens is 6. The summed E-state index contributed by atoms with van der Waals surface area (Å²) in [6.45, 7) is 1.67. The number of anilines is 1. The Bertz CT molecular complexity index is 1050. The number of benzene rings is 1. The van der Waals surface area contributed by atoms with Gasteiger partial charge in [0.15, 0.2) is 5.65 Å². The van der Waals surface area contributed by atoms with Crippen LogP contribution in [0.3, 0.4) is 0 Å². The summed E-state index contributed by atoms with van der Waals surface area (Å²) in [5, 5.41) is 0.523. The minimum atomic E-state index is -4.69. The number of rotatable bonds is 9. The molecule has 0 aliphatic rings. The van der Waals surface area contributed by atoms with Gasteiger partial charge in [0.1, 0.15) is 10.5 Å². The van der Waals surface area contributed by atoms with Crippen LogP contribution in [0.2, 0.25) is 0 Å². The molecule has 2 aromatic heterocycles. The Morgan fingerprint density at radius 1 is 1.06 bits per heavy atom. The predicted octanol–water partition coefficient (Wildman–Crippen LogP) is 5.53. The second kappa shape index (κ2) is 10.4. The third-order valence-electron chi connectivity index (χ3n) is 4.21. The molecule has 1 aromatic carbocycles. The molecule has 180 valence electrons. The van der Waals surface area contributed by atoms with Crippen LogP contribution in [0, 0.1) is 0 Å². The fourth-order valence-electron chi connectivity index (χ4n) is 2.96.